The van der Waals surface area contributed by atoms with Gasteiger partial charge < -0.3 is 10.1 Å². The Kier molecular flexibility index (Phi) is 4.89. The van der Waals surface area contributed by atoms with Crippen LogP contribution in [-0.2, 0) is 4.74 Å². The maximum atomic E-state index is 12.5. The van der Waals surface area contributed by atoms with Crippen LogP contribution >= 0.6 is 11.6 Å². The van der Waals surface area contributed by atoms with E-state index in [4.69, 9.17) is 21.6 Å². The van der Waals surface area contributed by atoms with Crippen LogP contribution in [0.3, 0.4) is 0 Å². The van der Waals surface area contributed by atoms with E-state index in [1.807, 2.05) is 26.8 Å². The first-order valence-corrected chi connectivity index (χ1v) is 7.49. The molecule has 2 rings (SSSR count). The molecular weight excluding hydrogens is 304 g/mol. The second-order valence-electron chi connectivity index (χ2n) is 6.12. The lowest BCUT2D eigenvalue weighted by Crippen LogP contribution is -2.45. The van der Waals surface area contributed by atoms with Crippen molar-refractivity contribution in [3.8, 4) is 6.07 Å². The summed E-state index contributed by atoms with van der Waals surface area (Å²) in [6.07, 6.45) is 0.341. The number of carbonyl (C=O) groups excluding carboxylic acids is 1. The van der Waals surface area contributed by atoms with Gasteiger partial charge in [0.1, 0.15) is 22.6 Å². The Bertz CT molecular complexity index is 601. The topological polar surface area (TPSA) is 78.2 Å². The Balaban J connectivity index is 2.34. The number of amides is 1. The molecule has 22 heavy (non-hydrogen) atoms. The minimum absolute atomic E-state index is 0.0497. The van der Waals surface area contributed by atoms with Gasteiger partial charge in [0, 0.05) is 6.54 Å². The third-order valence-electron chi connectivity index (χ3n) is 3.19. The van der Waals surface area contributed by atoms with Gasteiger partial charge in [-0.1, -0.05) is 11.6 Å². The Labute approximate surface area is 135 Å². The smallest absolute Gasteiger partial charge is 0.416 e. The molecule has 0 aliphatic carbocycles. The van der Waals surface area contributed by atoms with Crippen LogP contribution in [0.15, 0.2) is 12.1 Å². The van der Waals surface area contributed by atoms with Crippen molar-refractivity contribution in [2.75, 3.05) is 18.0 Å². The van der Waals surface area contributed by atoms with Gasteiger partial charge >= 0.3 is 6.09 Å². The Morgan fingerprint density at radius 2 is 2.27 bits per heavy atom. The summed E-state index contributed by atoms with van der Waals surface area (Å²) in [5, 5.41) is 12.2. The number of hydrogen-bond donors (Lipinski definition) is 1. The van der Waals surface area contributed by atoms with E-state index in [9.17, 15) is 4.79 Å². The number of rotatable bonds is 2. The first-order chi connectivity index (χ1) is 10.3. The molecule has 2 heterocycles. The summed E-state index contributed by atoms with van der Waals surface area (Å²) in [6.45, 7) is 6.94. The highest BCUT2D eigenvalue weighted by Gasteiger charge is 2.32. The van der Waals surface area contributed by atoms with E-state index in [1.54, 1.807) is 12.1 Å². The van der Waals surface area contributed by atoms with Crippen molar-refractivity contribution in [3.05, 3.63) is 22.8 Å². The summed E-state index contributed by atoms with van der Waals surface area (Å²) >= 11 is 5.99. The second kappa shape index (κ2) is 6.51. The van der Waals surface area contributed by atoms with Gasteiger partial charge in [-0.25, -0.2) is 9.78 Å². The predicted molar refractivity (Wildman–Crippen MR) is 83.9 cm³/mol. The molecule has 1 fully saturated rings. The zero-order valence-electron chi connectivity index (χ0n) is 12.9. The van der Waals surface area contributed by atoms with Crippen LogP contribution in [0.2, 0.25) is 5.15 Å². The third kappa shape index (κ3) is 3.87. The van der Waals surface area contributed by atoms with Crippen LogP contribution in [0.5, 0.6) is 0 Å². The standard InChI is InChI=1S/C15H19ClN4O2/c1-15(2,3)22-14(21)20(11-6-7-18-9-11)12-5-4-10(8-17)13(16)19-12/h4-5,11,18H,6-7,9H2,1-3H3. The minimum atomic E-state index is -0.599. The van der Waals surface area contributed by atoms with Crippen molar-refractivity contribution in [1.29, 1.82) is 5.26 Å². The van der Waals surface area contributed by atoms with Crippen LogP contribution < -0.4 is 10.2 Å². The predicted octanol–water partition coefficient (Wildman–Crippen LogP) is 2.71. The van der Waals surface area contributed by atoms with Gasteiger partial charge in [0.25, 0.3) is 0 Å². The van der Waals surface area contributed by atoms with Crippen LogP contribution in [0, 0.1) is 11.3 Å². The number of nitrogens with zero attached hydrogens (tertiary/aromatic N) is 3. The molecule has 1 atom stereocenters. The number of halogens is 1. The Morgan fingerprint density at radius 3 is 2.77 bits per heavy atom. The molecular formula is C15H19ClN4O2. The largest absolute Gasteiger partial charge is 0.443 e. The molecule has 0 saturated carbocycles. The van der Waals surface area contributed by atoms with Crippen molar-refractivity contribution in [1.82, 2.24) is 10.3 Å². The van der Waals surface area contributed by atoms with E-state index >= 15 is 0 Å². The van der Waals surface area contributed by atoms with E-state index in [0.29, 0.717) is 12.4 Å². The number of ether oxygens (including phenoxy) is 1. The SMILES string of the molecule is CC(C)(C)OC(=O)N(c1ccc(C#N)c(Cl)n1)C1CCNC1. The molecule has 1 amide bonds. The first-order valence-electron chi connectivity index (χ1n) is 7.11. The van der Waals surface area contributed by atoms with Gasteiger partial charge in [0.15, 0.2) is 0 Å². The summed E-state index contributed by atoms with van der Waals surface area (Å²) in [5.41, 5.74) is -0.323. The molecule has 1 aliphatic rings. The maximum Gasteiger partial charge on any atom is 0.416 e. The van der Waals surface area contributed by atoms with Gasteiger partial charge in [-0.3, -0.25) is 4.90 Å². The fraction of sp³-hybridized carbons (Fsp3) is 0.533. The maximum absolute atomic E-state index is 12.5. The molecule has 118 valence electrons. The summed E-state index contributed by atoms with van der Waals surface area (Å²) in [6, 6.07) is 5.08. The lowest BCUT2D eigenvalue weighted by Gasteiger charge is -2.30. The molecule has 1 N–H and O–H groups in total. The first kappa shape index (κ1) is 16.5. The van der Waals surface area contributed by atoms with E-state index in [0.717, 1.165) is 13.0 Å². The van der Waals surface area contributed by atoms with Gasteiger partial charge in [0.05, 0.1) is 11.6 Å². The van der Waals surface area contributed by atoms with Crippen molar-refractivity contribution < 1.29 is 9.53 Å². The third-order valence-corrected chi connectivity index (χ3v) is 3.48. The van der Waals surface area contributed by atoms with E-state index < -0.39 is 11.7 Å². The fourth-order valence-electron chi connectivity index (χ4n) is 2.24. The van der Waals surface area contributed by atoms with Gasteiger partial charge in [0.2, 0.25) is 0 Å². The summed E-state index contributed by atoms with van der Waals surface area (Å²) in [5.74, 6) is 0.395. The lowest BCUT2D eigenvalue weighted by atomic mass is 10.2. The highest BCUT2D eigenvalue weighted by Crippen LogP contribution is 2.24. The summed E-state index contributed by atoms with van der Waals surface area (Å²) < 4.78 is 5.47. The lowest BCUT2D eigenvalue weighted by molar-refractivity contribution is 0.0566. The van der Waals surface area contributed by atoms with Gasteiger partial charge in [-0.2, -0.15) is 5.26 Å². The second-order valence-corrected chi connectivity index (χ2v) is 6.47. The molecule has 7 heteroatoms. The van der Waals surface area contributed by atoms with E-state index in [-0.39, 0.29) is 16.8 Å². The normalized spacial score (nSPS) is 17.9. The van der Waals surface area contributed by atoms with E-state index in [1.165, 1.54) is 4.90 Å². The monoisotopic (exact) mass is 322 g/mol. The molecule has 6 nitrogen and oxygen atoms in total. The van der Waals surface area contributed by atoms with Crippen LogP contribution in [-0.4, -0.2) is 35.8 Å². The quantitative estimate of drug-likeness (QED) is 0.847. The highest BCUT2D eigenvalue weighted by atomic mass is 35.5. The van der Waals surface area contributed by atoms with Gasteiger partial charge in [-0.05, 0) is 45.9 Å². The number of anilines is 1. The zero-order valence-corrected chi connectivity index (χ0v) is 13.6. The van der Waals surface area contributed by atoms with Crippen LogP contribution in [0.25, 0.3) is 0 Å². The molecule has 1 aliphatic heterocycles. The molecule has 0 aromatic carbocycles. The van der Waals surface area contributed by atoms with Crippen LogP contribution in [0.1, 0.15) is 32.8 Å². The van der Waals surface area contributed by atoms with Crippen molar-refractivity contribution in [2.45, 2.75) is 38.8 Å². The van der Waals surface area contributed by atoms with Gasteiger partial charge in [-0.15, -0.1) is 0 Å². The average molecular weight is 323 g/mol. The van der Waals surface area contributed by atoms with Crippen LogP contribution in [0.4, 0.5) is 10.6 Å². The number of hydrogen-bond acceptors (Lipinski definition) is 5. The number of nitriles is 1. The molecule has 1 aromatic heterocycles. The number of nitrogens with one attached hydrogen (secondary N) is 1. The van der Waals surface area contributed by atoms with Crippen molar-refractivity contribution >= 4 is 23.5 Å². The highest BCUT2D eigenvalue weighted by molar-refractivity contribution is 6.30. The van der Waals surface area contributed by atoms with E-state index in [2.05, 4.69) is 10.3 Å². The number of pyridine rings is 1. The number of carbonyl (C=O) groups is 1. The Hall–Kier alpha value is -1.84. The molecule has 0 spiro atoms. The molecule has 0 bridgehead atoms. The van der Waals surface area contributed by atoms with Crippen molar-refractivity contribution in [3.63, 3.8) is 0 Å². The average Bonchev–Trinajstić information content (AvgIpc) is 2.91. The Morgan fingerprint density at radius 1 is 1.55 bits per heavy atom. The molecule has 1 saturated heterocycles. The zero-order chi connectivity index (χ0) is 16.3. The van der Waals surface area contributed by atoms with Crippen molar-refractivity contribution in [2.24, 2.45) is 0 Å². The molecule has 1 aromatic rings. The summed E-state index contributed by atoms with van der Waals surface area (Å²) in [4.78, 5) is 18.2. The number of aromatic nitrogens is 1. The molecule has 0 radical (unpaired) electrons. The summed E-state index contributed by atoms with van der Waals surface area (Å²) in [7, 11) is 0. The molecule has 1 unspecified atom stereocenters. The fourth-order valence-corrected chi connectivity index (χ4v) is 2.43. The minimum Gasteiger partial charge on any atom is -0.443 e.